The van der Waals surface area contributed by atoms with Gasteiger partial charge in [0.2, 0.25) is 0 Å². The van der Waals surface area contributed by atoms with Crippen molar-refractivity contribution < 1.29 is 9.53 Å². The summed E-state index contributed by atoms with van der Waals surface area (Å²) in [6, 6.07) is 16.5. The van der Waals surface area contributed by atoms with Gasteiger partial charge in [0.25, 0.3) is 5.91 Å². The van der Waals surface area contributed by atoms with E-state index in [1.807, 2.05) is 56.6 Å². The number of nitrogens with zero attached hydrogens (tertiary/aromatic N) is 1. The highest BCUT2D eigenvalue weighted by Gasteiger charge is 2.05. The average molecular weight is 284 g/mol. The van der Waals surface area contributed by atoms with Crippen molar-refractivity contribution in [3.63, 3.8) is 0 Å². The molecule has 4 nitrogen and oxygen atoms in total. The summed E-state index contributed by atoms with van der Waals surface area (Å²) in [6.45, 7) is 1.51. The van der Waals surface area contributed by atoms with Crippen molar-refractivity contribution >= 4 is 11.6 Å². The van der Waals surface area contributed by atoms with Crippen molar-refractivity contribution in [2.75, 3.05) is 32.6 Å². The summed E-state index contributed by atoms with van der Waals surface area (Å²) in [7, 11) is 4.01. The van der Waals surface area contributed by atoms with E-state index in [9.17, 15) is 4.79 Å². The minimum atomic E-state index is -0.114. The molecule has 0 saturated heterocycles. The lowest BCUT2D eigenvalue weighted by molar-refractivity contribution is 0.102. The third-order valence-electron chi connectivity index (χ3n) is 2.96. The summed E-state index contributed by atoms with van der Waals surface area (Å²) in [5.41, 5.74) is 1.40. The molecule has 0 aliphatic rings. The number of carbonyl (C=O) groups excluding carboxylic acids is 1. The zero-order valence-corrected chi connectivity index (χ0v) is 12.4. The van der Waals surface area contributed by atoms with Crippen LogP contribution in [0.3, 0.4) is 0 Å². The first-order valence-corrected chi connectivity index (χ1v) is 6.89. The van der Waals surface area contributed by atoms with Gasteiger partial charge in [0.05, 0.1) is 0 Å². The van der Waals surface area contributed by atoms with Crippen LogP contribution >= 0.6 is 0 Å². The average Bonchev–Trinajstić information content (AvgIpc) is 2.49. The van der Waals surface area contributed by atoms with Crippen LogP contribution in [0.1, 0.15) is 10.4 Å². The maximum Gasteiger partial charge on any atom is 0.255 e. The molecule has 2 aromatic rings. The quantitative estimate of drug-likeness (QED) is 0.887. The zero-order chi connectivity index (χ0) is 15.1. The third-order valence-corrected chi connectivity index (χ3v) is 2.96. The van der Waals surface area contributed by atoms with Crippen LogP contribution in [-0.4, -0.2) is 38.1 Å². The summed E-state index contributed by atoms with van der Waals surface area (Å²) >= 11 is 0. The predicted molar refractivity (Wildman–Crippen MR) is 84.9 cm³/mol. The molecule has 0 unspecified atom stereocenters. The molecule has 2 rings (SSSR count). The standard InChI is InChI=1S/C17H20N2O2/c1-19(2)12-13-21-16-10-8-15(9-11-16)18-17(20)14-6-4-3-5-7-14/h3-11H,12-13H2,1-2H3,(H,18,20). The van der Waals surface area contributed by atoms with Gasteiger partial charge < -0.3 is 15.0 Å². The highest BCUT2D eigenvalue weighted by Crippen LogP contribution is 2.16. The van der Waals surface area contributed by atoms with Crippen LogP contribution in [0.5, 0.6) is 5.75 Å². The number of rotatable bonds is 6. The van der Waals surface area contributed by atoms with Crippen LogP contribution in [0.2, 0.25) is 0 Å². The van der Waals surface area contributed by atoms with E-state index < -0.39 is 0 Å². The van der Waals surface area contributed by atoms with Gasteiger partial charge in [-0.2, -0.15) is 0 Å². The Bertz CT molecular complexity index is 565. The van der Waals surface area contributed by atoms with Crippen LogP contribution in [0.25, 0.3) is 0 Å². The van der Waals surface area contributed by atoms with Crippen molar-refractivity contribution in [2.24, 2.45) is 0 Å². The maximum absolute atomic E-state index is 12.0. The van der Waals surface area contributed by atoms with Crippen LogP contribution in [-0.2, 0) is 0 Å². The number of hydrogen-bond acceptors (Lipinski definition) is 3. The fraction of sp³-hybridized carbons (Fsp3) is 0.235. The van der Waals surface area contributed by atoms with E-state index in [1.165, 1.54) is 0 Å². The highest BCUT2D eigenvalue weighted by molar-refractivity contribution is 6.04. The summed E-state index contributed by atoms with van der Waals surface area (Å²) in [5, 5.41) is 2.86. The number of anilines is 1. The number of nitrogens with one attached hydrogen (secondary N) is 1. The second-order valence-electron chi connectivity index (χ2n) is 5.00. The van der Waals surface area contributed by atoms with Gasteiger partial charge in [-0.3, -0.25) is 4.79 Å². The van der Waals surface area contributed by atoms with E-state index in [4.69, 9.17) is 4.74 Å². The zero-order valence-electron chi connectivity index (χ0n) is 12.4. The Kier molecular flexibility index (Phi) is 5.35. The van der Waals surface area contributed by atoms with Crippen LogP contribution < -0.4 is 10.1 Å². The Hall–Kier alpha value is -2.33. The second-order valence-corrected chi connectivity index (χ2v) is 5.00. The topological polar surface area (TPSA) is 41.6 Å². The molecular formula is C17H20N2O2. The molecule has 0 aliphatic heterocycles. The van der Waals surface area contributed by atoms with Gasteiger partial charge in [-0.05, 0) is 50.5 Å². The minimum absolute atomic E-state index is 0.114. The molecule has 110 valence electrons. The smallest absolute Gasteiger partial charge is 0.255 e. The first kappa shape index (κ1) is 15.1. The lowest BCUT2D eigenvalue weighted by Crippen LogP contribution is -2.19. The Labute approximate surface area is 125 Å². The molecule has 1 amide bonds. The normalized spacial score (nSPS) is 10.4. The van der Waals surface area contributed by atoms with Crippen molar-refractivity contribution in [2.45, 2.75) is 0 Å². The predicted octanol–water partition coefficient (Wildman–Crippen LogP) is 2.88. The number of carbonyl (C=O) groups is 1. The van der Waals surface area contributed by atoms with E-state index in [-0.39, 0.29) is 5.91 Å². The third kappa shape index (κ3) is 4.93. The maximum atomic E-state index is 12.0. The number of amides is 1. The SMILES string of the molecule is CN(C)CCOc1ccc(NC(=O)c2ccccc2)cc1. The summed E-state index contributed by atoms with van der Waals surface area (Å²) in [6.07, 6.45) is 0. The van der Waals surface area contributed by atoms with Crippen molar-refractivity contribution in [3.05, 3.63) is 60.2 Å². The van der Waals surface area contributed by atoms with Crippen molar-refractivity contribution in [1.82, 2.24) is 4.90 Å². The van der Waals surface area contributed by atoms with Gasteiger partial charge in [0.1, 0.15) is 12.4 Å². The first-order chi connectivity index (χ1) is 10.1. The van der Waals surface area contributed by atoms with Gasteiger partial charge in [-0.25, -0.2) is 0 Å². The van der Waals surface area contributed by atoms with Crippen LogP contribution in [0.4, 0.5) is 5.69 Å². The molecule has 0 aliphatic carbocycles. The largest absolute Gasteiger partial charge is 0.492 e. The van der Waals surface area contributed by atoms with E-state index in [0.29, 0.717) is 12.2 Å². The van der Waals surface area contributed by atoms with Crippen LogP contribution in [0.15, 0.2) is 54.6 Å². The molecule has 0 fully saturated rings. The first-order valence-electron chi connectivity index (χ1n) is 6.89. The number of hydrogen-bond donors (Lipinski definition) is 1. The highest BCUT2D eigenvalue weighted by atomic mass is 16.5. The molecular weight excluding hydrogens is 264 g/mol. The Morgan fingerprint density at radius 3 is 2.33 bits per heavy atom. The lowest BCUT2D eigenvalue weighted by Gasteiger charge is -2.11. The van der Waals surface area contributed by atoms with Crippen molar-refractivity contribution in [3.8, 4) is 5.75 Å². The molecule has 2 aromatic carbocycles. The Balaban J connectivity index is 1.89. The fourth-order valence-corrected chi connectivity index (χ4v) is 1.77. The summed E-state index contributed by atoms with van der Waals surface area (Å²) in [4.78, 5) is 14.1. The second kappa shape index (κ2) is 7.45. The molecule has 21 heavy (non-hydrogen) atoms. The molecule has 0 radical (unpaired) electrons. The Morgan fingerprint density at radius 1 is 1.05 bits per heavy atom. The van der Waals surface area contributed by atoms with Crippen molar-refractivity contribution in [1.29, 1.82) is 0 Å². The summed E-state index contributed by atoms with van der Waals surface area (Å²) in [5.74, 6) is 0.687. The molecule has 0 heterocycles. The van der Waals surface area contributed by atoms with E-state index in [1.54, 1.807) is 12.1 Å². The van der Waals surface area contributed by atoms with Gasteiger partial charge in [-0.1, -0.05) is 18.2 Å². The molecule has 0 aromatic heterocycles. The number of likely N-dealkylation sites (N-methyl/N-ethyl adjacent to an activating group) is 1. The van der Waals surface area contributed by atoms with E-state index in [2.05, 4.69) is 10.2 Å². The number of benzene rings is 2. The monoisotopic (exact) mass is 284 g/mol. The lowest BCUT2D eigenvalue weighted by atomic mass is 10.2. The summed E-state index contributed by atoms with van der Waals surface area (Å²) < 4.78 is 5.61. The molecule has 1 N–H and O–H groups in total. The van der Waals surface area contributed by atoms with E-state index in [0.717, 1.165) is 18.0 Å². The Morgan fingerprint density at radius 2 is 1.71 bits per heavy atom. The van der Waals surface area contributed by atoms with Gasteiger partial charge in [0, 0.05) is 17.8 Å². The molecule has 0 spiro atoms. The van der Waals surface area contributed by atoms with Gasteiger partial charge in [0.15, 0.2) is 0 Å². The molecule has 0 atom stereocenters. The van der Waals surface area contributed by atoms with E-state index >= 15 is 0 Å². The number of ether oxygens (including phenoxy) is 1. The molecule has 0 saturated carbocycles. The molecule has 0 bridgehead atoms. The van der Waals surface area contributed by atoms with Gasteiger partial charge in [-0.15, -0.1) is 0 Å². The van der Waals surface area contributed by atoms with Gasteiger partial charge >= 0.3 is 0 Å². The molecule has 4 heteroatoms. The minimum Gasteiger partial charge on any atom is -0.492 e. The van der Waals surface area contributed by atoms with Crippen LogP contribution in [0, 0.1) is 0 Å². The fourth-order valence-electron chi connectivity index (χ4n) is 1.77.